The Labute approximate surface area is 152 Å². The first-order valence-electron chi connectivity index (χ1n) is 7.95. The van der Waals surface area contributed by atoms with Crippen molar-refractivity contribution in [2.24, 2.45) is 4.99 Å². The lowest BCUT2D eigenvalue weighted by molar-refractivity contribution is 0.414. The molecule has 4 nitrogen and oxygen atoms in total. The van der Waals surface area contributed by atoms with E-state index >= 15 is 0 Å². The molecule has 0 bridgehead atoms. The minimum atomic E-state index is 0. The van der Waals surface area contributed by atoms with Crippen molar-refractivity contribution in [2.75, 3.05) is 26.7 Å². The van der Waals surface area contributed by atoms with Crippen LogP contribution in [0.4, 0.5) is 0 Å². The van der Waals surface area contributed by atoms with E-state index in [0.717, 1.165) is 44.2 Å². The number of halogens is 1. The van der Waals surface area contributed by atoms with E-state index in [2.05, 4.69) is 41.6 Å². The number of hydrogen-bond donors (Lipinski definition) is 2. The normalized spacial score (nSPS) is 10.8. The van der Waals surface area contributed by atoms with E-state index in [0.29, 0.717) is 0 Å². The molecule has 5 heteroatoms. The lowest BCUT2D eigenvalue weighted by Crippen LogP contribution is -2.38. The fourth-order valence-corrected chi connectivity index (χ4v) is 2.05. The van der Waals surface area contributed by atoms with Crippen molar-refractivity contribution in [3.63, 3.8) is 0 Å². The van der Waals surface area contributed by atoms with Gasteiger partial charge in [0.2, 0.25) is 0 Å². The van der Waals surface area contributed by atoms with E-state index in [4.69, 9.17) is 4.74 Å². The second-order valence-electron chi connectivity index (χ2n) is 5.00. The fourth-order valence-electron chi connectivity index (χ4n) is 2.05. The molecule has 0 heterocycles. The number of benzene rings is 1. The fraction of sp³-hybridized carbons (Fsp3) is 0.588. The first-order chi connectivity index (χ1) is 10.3. The molecule has 0 aliphatic carbocycles. The monoisotopic (exact) mass is 419 g/mol. The molecule has 22 heavy (non-hydrogen) atoms. The zero-order valence-electron chi connectivity index (χ0n) is 14.0. The smallest absolute Gasteiger partial charge is 0.191 e. The number of nitrogens with zero attached hydrogens (tertiary/aromatic N) is 1. The Bertz CT molecular complexity index is 424. The molecule has 0 amide bonds. The molecule has 1 aromatic carbocycles. The highest BCUT2D eigenvalue weighted by atomic mass is 127. The molecule has 1 aromatic rings. The number of hydrogen-bond acceptors (Lipinski definition) is 2. The second kappa shape index (κ2) is 13.7. The Balaban J connectivity index is 0.00000441. The molecule has 2 N–H and O–H groups in total. The minimum Gasteiger partial charge on any atom is -0.497 e. The van der Waals surface area contributed by atoms with Gasteiger partial charge in [0.15, 0.2) is 5.96 Å². The summed E-state index contributed by atoms with van der Waals surface area (Å²) in [5.74, 6) is 1.82. The Hall–Kier alpha value is -0.980. The molecule has 126 valence electrons. The first-order valence-corrected chi connectivity index (χ1v) is 7.95. The Morgan fingerprint density at radius 3 is 2.68 bits per heavy atom. The highest BCUT2D eigenvalue weighted by Crippen LogP contribution is 2.12. The van der Waals surface area contributed by atoms with Crippen LogP contribution in [0, 0.1) is 0 Å². The van der Waals surface area contributed by atoms with Gasteiger partial charge in [-0.05, 0) is 37.5 Å². The largest absolute Gasteiger partial charge is 0.497 e. The predicted octanol–water partition coefficient (Wildman–Crippen LogP) is 3.60. The Morgan fingerprint density at radius 2 is 2.00 bits per heavy atom. The summed E-state index contributed by atoms with van der Waals surface area (Å²) >= 11 is 0. The lowest BCUT2D eigenvalue weighted by atomic mass is 10.1. The quantitative estimate of drug-likeness (QED) is 0.278. The average Bonchev–Trinajstić information content (AvgIpc) is 2.51. The van der Waals surface area contributed by atoms with Gasteiger partial charge in [0.25, 0.3) is 0 Å². The van der Waals surface area contributed by atoms with Gasteiger partial charge in [-0.2, -0.15) is 0 Å². The van der Waals surface area contributed by atoms with Gasteiger partial charge in [-0.15, -0.1) is 24.0 Å². The van der Waals surface area contributed by atoms with Gasteiger partial charge in [0.05, 0.1) is 7.11 Å². The van der Waals surface area contributed by atoms with Crippen LogP contribution in [0.2, 0.25) is 0 Å². The molecule has 0 saturated carbocycles. The molecule has 0 aliphatic heterocycles. The lowest BCUT2D eigenvalue weighted by Gasteiger charge is -2.11. The van der Waals surface area contributed by atoms with Gasteiger partial charge in [-0.1, -0.05) is 31.9 Å². The molecule has 0 aromatic heterocycles. The van der Waals surface area contributed by atoms with Crippen LogP contribution < -0.4 is 15.4 Å². The van der Waals surface area contributed by atoms with Gasteiger partial charge in [0, 0.05) is 19.6 Å². The second-order valence-corrected chi connectivity index (χ2v) is 5.00. The summed E-state index contributed by atoms with van der Waals surface area (Å²) in [4.78, 5) is 4.59. The van der Waals surface area contributed by atoms with Gasteiger partial charge in [0.1, 0.15) is 5.75 Å². The zero-order chi connectivity index (χ0) is 15.3. The SMILES string of the molecule is CCCCCN=C(NCC)NCCc1cccc(OC)c1.I. The summed E-state index contributed by atoms with van der Waals surface area (Å²) in [6.07, 6.45) is 4.58. The Kier molecular flexibility index (Phi) is 13.1. The molecular formula is C17H30IN3O. The van der Waals surface area contributed by atoms with Crippen LogP contribution in [0.5, 0.6) is 5.75 Å². The number of methoxy groups -OCH3 is 1. The maximum absolute atomic E-state index is 5.24. The zero-order valence-corrected chi connectivity index (χ0v) is 16.4. The number of aliphatic imine (C=N–C) groups is 1. The molecule has 1 rings (SSSR count). The van der Waals surface area contributed by atoms with Crippen molar-refractivity contribution >= 4 is 29.9 Å². The van der Waals surface area contributed by atoms with Crippen molar-refractivity contribution in [3.8, 4) is 5.75 Å². The van der Waals surface area contributed by atoms with E-state index in [9.17, 15) is 0 Å². The van der Waals surface area contributed by atoms with E-state index in [1.54, 1.807) is 7.11 Å². The standard InChI is InChI=1S/C17H29N3O.HI/c1-4-6-7-12-19-17(18-5-2)20-13-11-15-9-8-10-16(14-15)21-3;/h8-10,14H,4-7,11-13H2,1-3H3,(H2,18,19,20);1H. The first kappa shape index (κ1) is 21.0. The molecular weight excluding hydrogens is 389 g/mol. The minimum absolute atomic E-state index is 0. The highest BCUT2D eigenvalue weighted by molar-refractivity contribution is 14.0. The average molecular weight is 419 g/mol. The highest BCUT2D eigenvalue weighted by Gasteiger charge is 1.99. The van der Waals surface area contributed by atoms with E-state index in [1.165, 1.54) is 18.4 Å². The molecule has 0 radical (unpaired) electrons. The van der Waals surface area contributed by atoms with E-state index < -0.39 is 0 Å². The molecule has 0 saturated heterocycles. The molecule has 0 unspecified atom stereocenters. The predicted molar refractivity (Wildman–Crippen MR) is 106 cm³/mol. The van der Waals surface area contributed by atoms with Crippen LogP contribution in [0.3, 0.4) is 0 Å². The van der Waals surface area contributed by atoms with Crippen LogP contribution in [-0.4, -0.2) is 32.7 Å². The summed E-state index contributed by atoms with van der Waals surface area (Å²) in [5, 5.41) is 6.66. The molecule has 0 atom stereocenters. The summed E-state index contributed by atoms with van der Waals surface area (Å²) in [5.41, 5.74) is 1.27. The third-order valence-corrected chi connectivity index (χ3v) is 3.22. The van der Waals surface area contributed by atoms with Crippen molar-refractivity contribution in [1.82, 2.24) is 10.6 Å². The third-order valence-electron chi connectivity index (χ3n) is 3.22. The van der Waals surface area contributed by atoms with Gasteiger partial charge in [-0.25, -0.2) is 0 Å². The van der Waals surface area contributed by atoms with Crippen molar-refractivity contribution < 1.29 is 4.74 Å². The summed E-state index contributed by atoms with van der Waals surface area (Å²) in [7, 11) is 1.70. The van der Waals surface area contributed by atoms with E-state index in [1.807, 2.05) is 12.1 Å². The number of guanidine groups is 1. The van der Waals surface area contributed by atoms with Gasteiger partial charge in [-0.3, -0.25) is 4.99 Å². The Morgan fingerprint density at radius 1 is 1.18 bits per heavy atom. The summed E-state index contributed by atoms with van der Waals surface area (Å²) in [6.45, 7) is 6.94. The van der Waals surface area contributed by atoms with Gasteiger partial charge >= 0.3 is 0 Å². The number of nitrogens with one attached hydrogen (secondary N) is 2. The maximum atomic E-state index is 5.24. The van der Waals surface area contributed by atoms with Gasteiger partial charge < -0.3 is 15.4 Å². The van der Waals surface area contributed by atoms with Crippen LogP contribution in [0.15, 0.2) is 29.3 Å². The van der Waals surface area contributed by atoms with E-state index in [-0.39, 0.29) is 24.0 Å². The van der Waals surface area contributed by atoms with Crippen LogP contribution in [0.25, 0.3) is 0 Å². The third kappa shape index (κ3) is 9.12. The van der Waals surface area contributed by atoms with Crippen LogP contribution >= 0.6 is 24.0 Å². The topological polar surface area (TPSA) is 45.7 Å². The molecule has 0 aliphatic rings. The maximum Gasteiger partial charge on any atom is 0.191 e. The number of ether oxygens (including phenoxy) is 1. The van der Waals surface area contributed by atoms with Crippen LogP contribution in [-0.2, 0) is 6.42 Å². The molecule has 0 spiro atoms. The van der Waals surface area contributed by atoms with Crippen molar-refractivity contribution in [3.05, 3.63) is 29.8 Å². The number of unbranched alkanes of at least 4 members (excludes halogenated alkanes) is 2. The van der Waals surface area contributed by atoms with Crippen LogP contribution in [0.1, 0.15) is 38.7 Å². The van der Waals surface area contributed by atoms with Crippen molar-refractivity contribution in [2.45, 2.75) is 39.5 Å². The summed E-state index contributed by atoms with van der Waals surface area (Å²) < 4.78 is 5.24. The number of rotatable bonds is 9. The molecule has 0 fully saturated rings. The van der Waals surface area contributed by atoms with Crippen molar-refractivity contribution in [1.29, 1.82) is 0 Å². The summed E-state index contributed by atoms with van der Waals surface area (Å²) in [6, 6.07) is 8.19.